The Kier molecular flexibility index (Phi) is 5.18. The van der Waals surface area contributed by atoms with Crippen LogP contribution in [0.2, 0.25) is 0 Å². The number of rotatable bonds is 4. The van der Waals surface area contributed by atoms with Crippen molar-refractivity contribution in [1.82, 2.24) is 25.3 Å². The van der Waals surface area contributed by atoms with E-state index >= 15 is 0 Å². The van der Waals surface area contributed by atoms with Crippen molar-refractivity contribution < 1.29 is 9.59 Å². The Morgan fingerprint density at radius 1 is 1.38 bits per heavy atom. The Morgan fingerprint density at radius 2 is 2.21 bits per heavy atom. The van der Waals surface area contributed by atoms with Crippen LogP contribution in [0.3, 0.4) is 0 Å². The van der Waals surface area contributed by atoms with Crippen LogP contribution in [-0.2, 0) is 11.8 Å². The summed E-state index contributed by atoms with van der Waals surface area (Å²) in [7, 11) is 1.83. The minimum absolute atomic E-state index is 0.0376. The molecular formula is C17H27N5O2. The van der Waals surface area contributed by atoms with Gasteiger partial charge < -0.3 is 15.5 Å². The van der Waals surface area contributed by atoms with Gasteiger partial charge in [-0.25, -0.2) is 0 Å². The molecule has 0 saturated carbocycles. The van der Waals surface area contributed by atoms with E-state index in [0.29, 0.717) is 24.6 Å². The summed E-state index contributed by atoms with van der Waals surface area (Å²) in [6.45, 7) is 4.91. The van der Waals surface area contributed by atoms with Gasteiger partial charge in [0.05, 0.1) is 17.3 Å². The summed E-state index contributed by atoms with van der Waals surface area (Å²) in [6.07, 6.45) is 5.80. The molecule has 132 valence electrons. The third-order valence-corrected chi connectivity index (χ3v) is 4.99. The van der Waals surface area contributed by atoms with Gasteiger partial charge in [0.1, 0.15) is 0 Å². The maximum atomic E-state index is 12.7. The van der Waals surface area contributed by atoms with Gasteiger partial charge in [0.2, 0.25) is 5.91 Å². The molecule has 0 bridgehead atoms. The molecule has 1 aromatic rings. The van der Waals surface area contributed by atoms with Crippen molar-refractivity contribution in [3.05, 3.63) is 17.5 Å². The maximum absolute atomic E-state index is 12.7. The minimum Gasteiger partial charge on any atom is -0.354 e. The standard InChI is InChI=1S/C17H27N5O2/c1-12-14(11-21(2)20-12)17(24)22-8-4-5-13(10-22)9-19-16(23)15-6-3-7-18-15/h11,13,15,18H,3-10H2,1-2H3,(H,19,23). The zero-order valence-corrected chi connectivity index (χ0v) is 14.5. The first kappa shape index (κ1) is 17.0. The lowest BCUT2D eigenvalue weighted by molar-refractivity contribution is -0.123. The molecule has 3 heterocycles. The largest absolute Gasteiger partial charge is 0.354 e. The van der Waals surface area contributed by atoms with Crippen molar-refractivity contribution in [3.63, 3.8) is 0 Å². The lowest BCUT2D eigenvalue weighted by Gasteiger charge is -2.33. The van der Waals surface area contributed by atoms with Crippen LogP contribution in [0.25, 0.3) is 0 Å². The van der Waals surface area contributed by atoms with Crippen LogP contribution in [0.4, 0.5) is 0 Å². The van der Waals surface area contributed by atoms with Crippen LogP contribution >= 0.6 is 0 Å². The van der Waals surface area contributed by atoms with E-state index in [4.69, 9.17) is 0 Å². The number of amides is 2. The molecular weight excluding hydrogens is 306 g/mol. The first-order chi connectivity index (χ1) is 11.5. The van der Waals surface area contributed by atoms with E-state index in [2.05, 4.69) is 15.7 Å². The van der Waals surface area contributed by atoms with Crippen molar-refractivity contribution in [1.29, 1.82) is 0 Å². The van der Waals surface area contributed by atoms with Crippen LogP contribution < -0.4 is 10.6 Å². The molecule has 3 rings (SSSR count). The van der Waals surface area contributed by atoms with Gasteiger partial charge in [0.25, 0.3) is 5.91 Å². The quantitative estimate of drug-likeness (QED) is 0.838. The number of carbonyl (C=O) groups excluding carboxylic acids is 2. The highest BCUT2D eigenvalue weighted by molar-refractivity contribution is 5.95. The topological polar surface area (TPSA) is 79.3 Å². The Hall–Kier alpha value is -1.89. The maximum Gasteiger partial charge on any atom is 0.257 e. The summed E-state index contributed by atoms with van der Waals surface area (Å²) < 4.78 is 1.68. The summed E-state index contributed by atoms with van der Waals surface area (Å²) in [6, 6.07) is -0.0376. The first-order valence-electron chi connectivity index (χ1n) is 8.85. The smallest absolute Gasteiger partial charge is 0.257 e. The number of carbonyl (C=O) groups is 2. The summed E-state index contributed by atoms with van der Waals surface area (Å²) in [4.78, 5) is 26.7. The molecule has 2 unspecified atom stereocenters. The lowest BCUT2D eigenvalue weighted by Crippen LogP contribution is -2.46. The van der Waals surface area contributed by atoms with Crippen LogP contribution in [-0.4, -0.2) is 58.7 Å². The molecule has 0 aliphatic carbocycles. The normalized spacial score (nSPS) is 24.2. The summed E-state index contributed by atoms with van der Waals surface area (Å²) in [5.41, 5.74) is 1.45. The SMILES string of the molecule is Cc1nn(C)cc1C(=O)N1CCCC(CNC(=O)C2CCCN2)C1. The van der Waals surface area contributed by atoms with E-state index in [0.717, 1.165) is 44.5 Å². The fourth-order valence-electron chi connectivity index (χ4n) is 3.67. The Labute approximate surface area is 142 Å². The fraction of sp³-hybridized carbons (Fsp3) is 0.706. The van der Waals surface area contributed by atoms with Crippen LogP contribution in [0.15, 0.2) is 6.20 Å². The highest BCUT2D eigenvalue weighted by atomic mass is 16.2. The molecule has 0 spiro atoms. The van der Waals surface area contributed by atoms with Crippen LogP contribution in [0.1, 0.15) is 41.7 Å². The third kappa shape index (κ3) is 3.77. The molecule has 2 atom stereocenters. The highest BCUT2D eigenvalue weighted by Gasteiger charge is 2.28. The average molecular weight is 333 g/mol. The van der Waals surface area contributed by atoms with E-state index in [9.17, 15) is 9.59 Å². The second-order valence-electron chi connectivity index (χ2n) is 6.96. The van der Waals surface area contributed by atoms with Crippen molar-refractivity contribution in [2.45, 2.75) is 38.6 Å². The zero-order chi connectivity index (χ0) is 17.1. The average Bonchev–Trinajstić information content (AvgIpc) is 3.22. The summed E-state index contributed by atoms with van der Waals surface area (Å²) in [5.74, 6) is 0.471. The van der Waals surface area contributed by atoms with Crippen molar-refractivity contribution in [2.24, 2.45) is 13.0 Å². The number of aromatic nitrogens is 2. The van der Waals surface area contributed by atoms with Gasteiger partial charge in [-0.3, -0.25) is 14.3 Å². The van der Waals surface area contributed by atoms with Gasteiger partial charge in [-0.1, -0.05) is 0 Å². The van der Waals surface area contributed by atoms with E-state index in [1.54, 1.807) is 10.9 Å². The molecule has 7 nitrogen and oxygen atoms in total. The van der Waals surface area contributed by atoms with Crippen molar-refractivity contribution in [3.8, 4) is 0 Å². The van der Waals surface area contributed by atoms with E-state index in [1.165, 1.54) is 0 Å². The van der Waals surface area contributed by atoms with Crippen LogP contribution in [0.5, 0.6) is 0 Å². The van der Waals surface area contributed by atoms with E-state index in [1.807, 2.05) is 18.9 Å². The predicted octanol–water partition coefficient (Wildman–Crippen LogP) is 0.449. The first-order valence-corrected chi connectivity index (χ1v) is 8.85. The second kappa shape index (κ2) is 7.34. The highest BCUT2D eigenvalue weighted by Crippen LogP contribution is 2.19. The van der Waals surface area contributed by atoms with Crippen molar-refractivity contribution >= 4 is 11.8 Å². The van der Waals surface area contributed by atoms with Gasteiger partial charge >= 0.3 is 0 Å². The molecule has 2 N–H and O–H groups in total. The lowest BCUT2D eigenvalue weighted by atomic mass is 9.97. The number of piperidine rings is 1. The summed E-state index contributed by atoms with van der Waals surface area (Å²) in [5, 5.41) is 10.5. The number of nitrogens with zero attached hydrogens (tertiary/aromatic N) is 3. The van der Waals surface area contributed by atoms with Gasteiger partial charge in [-0.15, -0.1) is 0 Å². The Bertz CT molecular complexity index is 606. The molecule has 2 fully saturated rings. The molecule has 0 radical (unpaired) electrons. The molecule has 24 heavy (non-hydrogen) atoms. The van der Waals surface area contributed by atoms with Gasteiger partial charge in [-0.05, 0) is 45.1 Å². The van der Waals surface area contributed by atoms with Crippen molar-refractivity contribution in [2.75, 3.05) is 26.2 Å². The Balaban J connectivity index is 1.53. The molecule has 2 saturated heterocycles. The molecule has 2 aliphatic rings. The number of hydrogen-bond donors (Lipinski definition) is 2. The van der Waals surface area contributed by atoms with Gasteiger partial charge in [-0.2, -0.15) is 5.10 Å². The van der Waals surface area contributed by atoms with E-state index < -0.39 is 0 Å². The molecule has 7 heteroatoms. The third-order valence-electron chi connectivity index (χ3n) is 4.99. The number of hydrogen-bond acceptors (Lipinski definition) is 4. The number of aryl methyl sites for hydroxylation is 2. The molecule has 1 aromatic heterocycles. The monoisotopic (exact) mass is 333 g/mol. The molecule has 2 aliphatic heterocycles. The number of likely N-dealkylation sites (tertiary alicyclic amines) is 1. The predicted molar refractivity (Wildman–Crippen MR) is 90.6 cm³/mol. The summed E-state index contributed by atoms with van der Waals surface area (Å²) >= 11 is 0. The van der Waals surface area contributed by atoms with Crippen LogP contribution in [0, 0.1) is 12.8 Å². The molecule has 0 aromatic carbocycles. The number of nitrogens with one attached hydrogen (secondary N) is 2. The second-order valence-corrected chi connectivity index (χ2v) is 6.96. The molecule has 2 amide bonds. The van der Waals surface area contributed by atoms with Gasteiger partial charge in [0, 0.05) is 32.9 Å². The minimum atomic E-state index is -0.0376. The van der Waals surface area contributed by atoms with Gasteiger partial charge in [0.15, 0.2) is 0 Å². The fourth-order valence-corrected chi connectivity index (χ4v) is 3.67. The van der Waals surface area contributed by atoms with E-state index in [-0.39, 0.29) is 17.9 Å². The zero-order valence-electron chi connectivity index (χ0n) is 14.5. The Morgan fingerprint density at radius 3 is 2.88 bits per heavy atom.